The Morgan fingerprint density at radius 1 is 0.946 bits per heavy atom. The summed E-state index contributed by atoms with van der Waals surface area (Å²) >= 11 is 3.38. The predicted octanol–water partition coefficient (Wildman–Crippen LogP) is 3.96. The third kappa shape index (κ3) is 8.06. The number of likely N-dealkylation sites (N-methyl/N-ethyl adjacent to an activating group) is 1. The Hall–Kier alpha value is -3.37. The van der Waals surface area contributed by atoms with Crippen molar-refractivity contribution >= 4 is 43.5 Å². The molecule has 0 spiro atoms. The molecule has 1 N–H and O–H groups in total. The van der Waals surface area contributed by atoms with Gasteiger partial charge in [-0.2, -0.15) is 0 Å². The number of amides is 2. The molecule has 0 saturated carbocycles. The van der Waals surface area contributed by atoms with Crippen LogP contribution < -0.4 is 14.4 Å². The number of carbonyl (C=O) groups excluding carboxylic acids is 2. The van der Waals surface area contributed by atoms with Gasteiger partial charge in [-0.25, -0.2) is 8.42 Å². The van der Waals surface area contributed by atoms with Gasteiger partial charge in [0.2, 0.25) is 21.8 Å². The molecule has 0 bridgehead atoms. The summed E-state index contributed by atoms with van der Waals surface area (Å²) in [6.45, 7) is 1.67. The van der Waals surface area contributed by atoms with Gasteiger partial charge in [0, 0.05) is 18.1 Å². The topological polar surface area (TPSA) is 96.0 Å². The van der Waals surface area contributed by atoms with Crippen LogP contribution in [0.1, 0.15) is 18.1 Å². The molecular weight excluding hydrogens is 558 g/mol. The molecule has 0 unspecified atom stereocenters. The Morgan fingerprint density at radius 2 is 1.57 bits per heavy atom. The SMILES string of the molecule is CNC(=O)[C@H](C)N(Cc1ccc(Br)cc1)C(=O)CN(c1ccc(OCc2ccccc2)cc1)S(C)(=O)=O. The second-order valence-corrected chi connectivity index (χ2v) is 11.3. The lowest BCUT2D eigenvalue weighted by molar-refractivity contribution is -0.139. The van der Waals surface area contributed by atoms with Gasteiger partial charge in [-0.1, -0.05) is 58.4 Å². The normalized spacial score (nSPS) is 11.9. The van der Waals surface area contributed by atoms with Crippen LogP contribution >= 0.6 is 15.9 Å². The van der Waals surface area contributed by atoms with Crippen molar-refractivity contribution in [1.29, 1.82) is 0 Å². The first-order valence-corrected chi connectivity index (χ1v) is 14.2. The Kier molecular flexibility index (Phi) is 9.71. The van der Waals surface area contributed by atoms with Crippen molar-refractivity contribution in [2.75, 3.05) is 24.2 Å². The van der Waals surface area contributed by atoms with E-state index in [0.717, 1.165) is 26.2 Å². The van der Waals surface area contributed by atoms with Crippen LogP contribution in [0.15, 0.2) is 83.3 Å². The lowest BCUT2D eigenvalue weighted by Gasteiger charge is -2.31. The van der Waals surface area contributed by atoms with Gasteiger partial charge < -0.3 is 15.0 Å². The van der Waals surface area contributed by atoms with Crippen molar-refractivity contribution in [3.8, 4) is 5.75 Å². The number of halogens is 1. The average molecular weight is 589 g/mol. The van der Waals surface area contributed by atoms with Gasteiger partial charge in [-0.05, 0) is 54.4 Å². The van der Waals surface area contributed by atoms with E-state index >= 15 is 0 Å². The largest absolute Gasteiger partial charge is 0.489 e. The van der Waals surface area contributed by atoms with Crippen molar-refractivity contribution in [2.24, 2.45) is 0 Å². The third-order valence-electron chi connectivity index (χ3n) is 5.73. The average Bonchev–Trinajstić information content (AvgIpc) is 2.89. The summed E-state index contributed by atoms with van der Waals surface area (Å²) in [6, 6.07) is 22.7. The van der Waals surface area contributed by atoms with Crippen LogP contribution in [0.3, 0.4) is 0 Å². The molecule has 37 heavy (non-hydrogen) atoms. The molecular formula is C27H30BrN3O5S. The van der Waals surface area contributed by atoms with Crippen LogP contribution in [-0.4, -0.2) is 51.0 Å². The maximum absolute atomic E-state index is 13.4. The van der Waals surface area contributed by atoms with Crippen LogP contribution in [0, 0.1) is 0 Å². The van der Waals surface area contributed by atoms with Crippen molar-refractivity contribution in [3.05, 3.63) is 94.5 Å². The summed E-state index contributed by atoms with van der Waals surface area (Å²) in [5.41, 5.74) is 2.13. The van der Waals surface area contributed by atoms with E-state index in [2.05, 4.69) is 21.2 Å². The van der Waals surface area contributed by atoms with Crippen molar-refractivity contribution in [1.82, 2.24) is 10.2 Å². The number of sulfonamides is 1. The molecule has 0 saturated heterocycles. The van der Waals surface area contributed by atoms with Gasteiger partial charge in [-0.15, -0.1) is 0 Å². The van der Waals surface area contributed by atoms with Crippen LogP contribution in [0.2, 0.25) is 0 Å². The zero-order valence-electron chi connectivity index (χ0n) is 20.9. The predicted molar refractivity (Wildman–Crippen MR) is 148 cm³/mol. The summed E-state index contributed by atoms with van der Waals surface area (Å²) in [7, 11) is -2.31. The van der Waals surface area contributed by atoms with E-state index in [1.165, 1.54) is 11.9 Å². The molecule has 0 heterocycles. The number of hydrogen-bond donors (Lipinski definition) is 1. The molecule has 2 amide bonds. The minimum Gasteiger partial charge on any atom is -0.489 e. The number of anilines is 1. The molecule has 0 aliphatic heterocycles. The summed E-state index contributed by atoms with van der Waals surface area (Å²) in [5, 5.41) is 2.55. The van der Waals surface area contributed by atoms with Gasteiger partial charge in [0.25, 0.3) is 0 Å². The minimum atomic E-state index is -3.81. The highest BCUT2D eigenvalue weighted by molar-refractivity contribution is 9.10. The van der Waals surface area contributed by atoms with Crippen LogP contribution in [0.25, 0.3) is 0 Å². The zero-order valence-corrected chi connectivity index (χ0v) is 23.3. The number of nitrogens with one attached hydrogen (secondary N) is 1. The van der Waals surface area contributed by atoms with Gasteiger partial charge in [0.1, 0.15) is 24.9 Å². The van der Waals surface area contributed by atoms with E-state index in [1.807, 2.05) is 54.6 Å². The molecule has 3 rings (SSSR count). The molecule has 0 aromatic heterocycles. The Morgan fingerprint density at radius 3 is 2.14 bits per heavy atom. The molecule has 3 aromatic rings. The number of ether oxygens (including phenoxy) is 1. The lowest BCUT2D eigenvalue weighted by atomic mass is 10.1. The highest BCUT2D eigenvalue weighted by atomic mass is 79.9. The fourth-order valence-electron chi connectivity index (χ4n) is 3.64. The highest BCUT2D eigenvalue weighted by Gasteiger charge is 2.29. The van der Waals surface area contributed by atoms with E-state index in [-0.39, 0.29) is 12.5 Å². The van der Waals surface area contributed by atoms with E-state index in [1.54, 1.807) is 31.2 Å². The highest BCUT2D eigenvalue weighted by Crippen LogP contribution is 2.23. The van der Waals surface area contributed by atoms with Crippen LogP contribution in [0.5, 0.6) is 5.75 Å². The molecule has 3 aromatic carbocycles. The van der Waals surface area contributed by atoms with E-state index in [9.17, 15) is 18.0 Å². The summed E-state index contributed by atoms with van der Waals surface area (Å²) in [5.74, 6) is -0.289. The Bertz CT molecular complexity index is 1300. The van der Waals surface area contributed by atoms with Crippen LogP contribution in [-0.2, 0) is 32.8 Å². The zero-order chi connectivity index (χ0) is 27.0. The Balaban J connectivity index is 1.80. The number of carbonyl (C=O) groups is 2. The Labute approximate surface area is 226 Å². The molecule has 0 radical (unpaired) electrons. The van der Waals surface area contributed by atoms with Gasteiger partial charge in [0.15, 0.2) is 0 Å². The number of benzene rings is 3. The van der Waals surface area contributed by atoms with Gasteiger partial charge in [0.05, 0.1) is 11.9 Å². The van der Waals surface area contributed by atoms with Crippen LogP contribution in [0.4, 0.5) is 5.69 Å². The fraction of sp³-hybridized carbons (Fsp3) is 0.259. The van der Waals surface area contributed by atoms with Crippen molar-refractivity contribution < 1.29 is 22.7 Å². The molecule has 10 heteroatoms. The third-order valence-corrected chi connectivity index (χ3v) is 7.40. The maximum atomic E-state index is 13.4. The van der Waals surface area contributed by atoms with Crippen molar-refractivity contribution in [3.63, 3.8) is 0 Å². The molecule has 1 atom stereocenters. The van der Waals surface area contributed by atoms with Crippen molar-refractivity contribution in [2.45, 2.75) is 26.1 Å². The van der Waals surface area contributed by atoms with E-state index in [0.29, 0.717) is 18.0 Å². The van der Waals surface area contributed by atoms with E-state index < -0.39 is 28.5 Å². The smallest absolute Gasteiger partial charge is 0.244 e. The van der Waals surface area contributed by atoms with Gasteiger partial charge >= 0.3 is 0 Å². The number of hydrogen-bond acceptors (Lipinski definition) is 5. The first kappa shape index (κ1) is 28.2. The first-order chi connectivity index (χ1) is 17.6. The lowest BCUT2D eigenvalue weighted by Crippen LogP contribution is -2.50. The molecule has 0 aliphatic rings. The number of nitrogens with zero attached hydrogens (tertiary/aromatic N) is 2. The second-order valence-electron chi connectivity index (χ2n) is 8.48. The fourth-order valence-corrected chi connectivity index (χ4v) is 4.76. The summed E-state index contributed by atoms with van der Waals surface area (Å²) < 4.78 is 33.1. The number of rotatable bonds is 11. The molecule has 8 nitrogen and oxygen atoms in total. The first-order valence-electron chi connectivity index (χ1n) is 11.6. The van der Waals surface area contributed by atoms with E-state index in [4.69, 9.17) is 4.74 Å². The second kappa shape index (κ2) is 12.7. The molecule has 196 valence electrons. The molecule has 0 fully saturated rings. The monoisotopic (exact) mass is 587 g/mol. The quantitative estimate of drug-likeness (QED) is 0.366. The van der Waals surface area contributed by atoms with Gasteiger partial charge in [-0.3, -0.25) is 13.9 Å². The minimum absolute atomic E-state index is 0.143. The molecule has 0 aliphatic carbocycles. The summed E-state index contributed by atoms with van der Waals surface area (Å²) in [6.07, 6.45) is 1.04. The standard InChI is InChI=1S/C27H30BrN3O5S/c1-20(27(33)29-2)30(17-21-9-11-23(28)12-10-21)26(32)18-31(37(3,34)35)24-13-15-25(16-14-24)36-19-22-7-5-4-6-8-22/h4-16,20H,17-19H2,1-3H3,(H,29,33)/t20-/m0/s1. The maximum Gasteiger partial charge on any atom is 0.244 e. The summed E-state index contributed by atoms with van der Waals surface area (Å²) in [4.78, 5) is 27.2.